The maximum atomic E-state index is 11.7. The summed E-state index contributed by atoms with van der Waals surface area (Å²) in [6.07, 6.45) is 10.9. The van der Waals surface area contributed by atoms with Crippen LogP contribution in [0.1, 0.15) is 44.5 Å². The van der Waals surface area contributed by atoms with E-state index in [0.717, 1.165) is 63.0 Å². The van der Waals surface area contributed by atoms with Crippen LogP contribution in [0.3, 0.4) is 0 Å². The zero-order valence-electron chi connectivity index (χ0n) is 21.9. The van der Waals surface area contributed by atoms with E-state index in [4.69, 9.17) is 10.2 Å². The Hall–Kier alpha value is -4.20. The molecule has 6 rings (SSSR count). The number of amides is 1. The molecule has 0 spiro atoms. The number of rotatable bonds is 3. The van der Waals surface area contributed by atoms with E-state index >= 15 is 0 Å². The third-order valence-corrected chi connectivity index (χ3v) is 8.06. The molecule has 6 heterocycles. The number of hydrogen-bond donors (Lipinski definition) is 2. The van der Waals surface area contributed by atoms with Crippen molar-refractivity contribution in [2.75, 3.05) is 18.8 Å². The molecule has 10 heteroatoms. The molecule has 1 amide bonds. The van der Waals surface area contributed by atoms with Crippen LogP contribution < -0.4 is 5.73 Å². The number of likely N-dealkylation sites (tertiary alicyclic amines) is 1. The van der Waals surface area contributed by atoms with E-state index in [1.807, 2.05) is 34.1 Å². The quantitative estimate of drug-likeness (QED) is 0.313. The van der Waals surface area contributed by atoms with Crippen LogP contribution in [0.25, 0.3) is 43.5 Å². The van der Waals surface area contributed by atoms with Crippen molar-refractivity contribution in [1.29, 1.82) is 0 Å². The molecule has 39 heavy (non-hydrogen) atoms. The second kappa shape index (κ2) is 9.52. The summed E-state index contributed by atoms with van der Waals surface area (Å²) < 4.78 is 9.30. The maximum Gasteiger partial charge on any atom is 0.219 e. The molecule has 1 aliphatic rings. The minimum atomic E-state index is -1.13. The van der Waals surface area contributed by atoms with Crippen LogP contribution in [0, 0.1) is 11.8 Å². The smallest absolute Gasteiger partial charge is 0.219 e. The van der Waals surface area contributed by atoms with E-state index in [1.54, 1.807) is 39.4 Å². The van der Waals surface area contributed by atoms with Crippen LogP contribution in [0.4, 0.5) is 5.82 Å². The molecule has 0 aromatic carbocycles. The molecule has 0 unspecified atom stereocenters. The predicted octanol–water partition coefficient (Wildman–Crippen LogP) is 4.86. The van der Waals surface area contributed by atoms with Crippen LogP contribution >= 0.6 is 11.3 Å². The highest BCUT2D eigenvalue weighted by molar-refractivity contribution is 7.20. The van der Waals surface area contributed by atoms with Crippen molar-refractivity contribution in [1.82, 2.24) is 24.6 Å². The Kier molecular flexibility index (Phi) is 6.13. The lowest BCUT2D eigenvalue weighted by Gasteiger charge is -2.31. The Labute approximate surface area is 229 Å². The first kappa shape index (κ1) is 25.1. The van der Waals surface area contributed by atoms with Crippen molar-refractivity contribution in [3.8, 4) is 34.3 Å². The van der Waals surface area contributed by atoms with Crippen molar-refractivity contribution in [2.45, 2.75) is 45.3 Å². The number of hydrogen-bond acceptors (Lipinski definition) is 8. The SMILES string of the molecule is CC(=O)N1CCC(n2cc(-c3cnc(N)c4oc(-c5c(C#CC(C)(C)O)sc6cnccc56)cc34)cn2)CC1. The van der Waals surface area contributed by atoms with Gasteiger partial charge in [-0.3, -0.25) is 14.5 Å². The molecule has 1 fully saturated rings. The lowest BCUT2D eigenvalue weighted by atomic mass is 10.0. The highest BCUT2D eigenvalue weighted by atomic mass is 32.1. The number of fused-ring (bicyclic) bond motifs is 2. The summed E-state index contributed by atoms with van der Waals surface area (Å²) in [6.45, 7) is 6.39. The number of nitrogens with two attached hydrogens (primary N) is 1. The lowest BCUT2D eigenvalue weighted by Crippen LogP contribution is -2.37. The van der Waals surface area contributed by atoms with Gasteiger partial charge in [0.1, 0.15) is 11.4 Å². The van der Waals surface area contributed by atoms with E-state index in [0.29, 0.717) is 17.2 Å². The third-order valence-electron chi connectivity index (χ3n) is 7.01. The first-order chi connectivity index (χ1) is 18.7. The summed E-state index contributed by atoms with van der Waals surface area (Å²) in [5.41, 5.74) is 8.25. The van der Waals surface area contributed by atoms with Crippen LogP contribution in [-0.2, 0) is 4.79 Å². The summed E-state index contributed by atoms with van der Waals surface area (Å²) in [5, 5.41) is 16.7. The van der Waals surface area contributed by atoms with Gasteiger partial charge in [-0.05, 0) is 38.8 Å². The largest absolute Gasteiger partial charge is 0.452 e. The number of carbonyl (C=O) groups excluding carboxylic acids is 1. The molecule has 3 N–H and O–H groups in total. The van der Waals surface area contributed by atoms with Gasteiger partial charge < -0.3 is 20.2 Å². The molecule has 5 aromatic heterocycles. The van der Waals surface area contributed by atoms with Gasteiger partial charge in [-0.2, -0.15) is 5.10 Å². The van der Waals surface area contributed by atoms with Crippen molar-refractivity contribution >= 4 is 44.1 Å². The van der Waals surface area contributed by atoms with Gasteiger partial charge >= 0.3 is 0 Å². The second-order valence-corrected chi connectivity index (χ2v) is 11.4. The van der Waals surface area contributed by atoms with E-state index in [9.17, 15) is 9.90 Å². The fourth-order valence-corrected chi connectivity index (χ4v) is 6.04. The monoisotopic (exact) mass is 540 g/mol. The minimum Gasteiger partial charge on any atom is -0.452 e. The molecular weight excluding hydrogens is 512 g/mol. The van der Waals surface area contributed by atoms with Crippen LogP contribution in [-0.4, -0.2) is 54.4 Å². The average Bonchev–Trinajstić information content (AvgIpc) is 3.64. The maximum absolute atomic E-state index is 11.7. The summed E-state index contributed by atoms with van der Waals surface area (Å²) in [6, 6.07) is 4.14. The first-order valence-electron chi connectivity index (χ1n) is 12.8. The van der Waals surface area contributed by atoms with Crippen molar-refractivity contribution in [3.05, 3.63) is 48.0 Å². The fraction of sp³-hybridized carbons (Fsp3) is 0.310. The summed E-state index contributed by atoms with van der Waals surface area (Å²) >= 11 is 1.50. The Bertz CT molecular complexity index is 1770. The lowest BCUT2D eigenvalue weighted by molar-refractivity contribution is -0.130. The van der Waals surface area contributed by atoms with E-state index in [-0.39, 0.29) is 11.9 Å². The Morgan fingerprint density at radius 1 is 1.23 bits per heavy atom. The molecule has 198 valence electrons. The normalized spacial score (nSPS) is 14.6. The van der Waals surface area contributed by atoms with Gasteiger partial charge in [-0.25, -0.2) is 4.98 Å². The van der Waals surface area contributed by atoms with Crippen molar-refractivity contribution in [3.63, 3.8) is 0 Å². The second-order valence-electron chi connectivity index (χ2n) is 10.3. The molecule has 0 atom stereocenters. The summed E-state index contributed by atoms with van der Waals surface area (Å²) in [4.78, 5) is 23.0. The Balaban J connectivity index is 1.42. The van der Waals surface area contributed by atoms with E-state index in [1.165, 1.54) is 11.3 Å². The summed E-state index contributed by atoms with van der Waals surface area (Å²) in [5.74, 6) is 7.09. The van der Waals surface area contributed by atoms with Crippen LogP contribution in [0.15, 0.2) is 47.5 Å². The van der Waals surface area contributed by atoms with Gasteiger partial charge in [-0.1, -0.05) is 11.8 Å². The highest BCUT2D eigenvalue weighted by Crippen LogP contribution is 2.43. The molecule has 0 saturated carbocycles. The Morgan fingerprint density at radius 2 is 2.03 bits per heavy atom. The van der Waals surface area contributed by atoms with E-state index < -0.39 is 5.60 Å². The number of thiophene rings is 1. The standard InChI is InChI=1S/C29H28N6O3S/c1-17(36)34-10-6-19(7-11-34)35-16-18(13-33-35)22-14-32-28(30)27-21(22)12-23(38-27)26-20-5-9-31-15-25(20)39-24(26)4-8-29(2,3)37/h5,9,12-16,19,37H,6-7,10-11H2,1-3H3,(H2,30,32). The number of aliphatic hydroxyl groups is 1. The van der Waals surface area contributed by atoms with Gasteiger partial charge in [0.25, 0.3) is 0 Å². The third kappa shape index (κ3) is 4.75. The van der Waals surface area contributed by atoms with Crippen molar-refractivity contribution in [2.24, 2.45) is 0 Å². The average molecular weight is 541 g/mol. The molecule has 9 nitrogen and oxygen atoms in total. The number of piperidine rings is 1. The molecule has 1 aliphatic heterocycles. The van der Waals surface area contributed by atoms with Crippen LogP contribution in [0.5, 0.6) is 0 Å². The number of carbonyl (C=O) groups is 1. The topological polar surface area (TPSA) is 123 Å². The molecule has 5 aromatic rings. The molecular formula is C29H28N6O3S. The molecule has 1 saturated heterocycles. The minimum absolute atomic E-state index is 0.115. The van der Waals surface area contributed by atoms with E-state index in [2.05, 4.69) is 26.9 Å². The Morgan fingerprint density at radius 3 is 2.77 bits per heavy atom. The first-order valence-corrected chi connectivity index (χ1v) is 13.6. The van der Waals surface area contributed by atoms with Gasteiger partial charge in [0, 0.05) is 66.7 Å². The number of furan rings is 1. The molecule has 0 radical (unpaired) electrons. The fourth-order valence-electron chi connectivity index (χ4n) is 5.01. The number of aromatic nitrogens is 4. The highest BCUT2D eigenvalue weighted by Gasteiger charge is 2.24. The van der Waals surface area contributed by atoms with Gasteiger partial charge in [0.15, 0.2) is 11.4 Å². The van der Waals surface area contributed by atoms with Gasteiger partial charge in [0.2, 0.25) is 5.91 Å². The zero-order valence-corrected chi connectivity index (χ0v) is 22.7. The number of nitrogens with zero attached hydrogens (tertiary/aromatic N) is 5. The summed E-state index contributed by atoms with van der Waals surface area (Å²) in [7, 11) is 0. The molecule has 0 bridgehead atoms. The number of nitrogen functional groups attached to an aromatic ring is 1. The van der Waals surface area contributed by atoms with Gasteiger partial charge in [0.05, 0.1) is 27.4 Å². The zero-order chi connectivity index (χ0) is 27.3. The molecule has 0 aliphatic carbocycles. The number of anilines is 1. The van der Waals surface area contributed by atoms with Gasteiger partial charge in [-0.15, -0.1) is 11.3 Å². The van der Waals surface area contributed by atoms with Crippen LogP contribution in [0.2, 0.25) is 0 Å². The van der Waals surface area contributed by atoms with Crippen molar-refractivity contribution < 1.29 is 14.3 Å². The predicted molar refractivity (Wildman–Crippen MR) is 152 cm³/mol. The number of pyridine rings is 2.